The highest BCUT2D eigenvalue weighted by atomic mass is 16.6. The Balaban J connectivity index is 2.03. The summed E-state index contributed by atoms with van der Waals surface area (Å²) >= 11 is 0. The van der Waals surface area contributed by atoms with Crippen molar-refractivity contribution in [2.45, 2.75) is 19.0 Å². The van der Waals surface area contributed by atoms with Gasteiger partial charge in [-0.3, -0.25) is 19.3 Å². The van der Waals surface area contributed by atoms with Gasteiger partial charge in [0.15, 0.2) is 16.6 Å². The largest absolute Gasteiger partial charge is 0.468 e. The van der Waals surface area contributed by atoms with Crippen molar-refractivity contribution in [3.8, 4) is 0 Å². The number of benzene rings is 2. The minimum Gasteiger partial charge on any atom is -0.468 e. The number of allylic oxidation sites excluding steroid dienone is 2. The normalized spacial score (nSPS) is 27.1. The first-order valence-corrected chi connectivity index (χ1v) is 12.3. The van der Waals surface area contributed by atoms with Gasteiger partial charge in [-0.1, -0.05) is 85.0 Å². The molecule has 4 atom stereocenters. The van der Waals surface area contributed by atoms with Gasteiger partial charge >= 0.3 is 18.0 Å². The van der Waals surface area contributed by atoms with Crippen LogP contribution in [-0.4, -0.2) is 61.6 Å². The van der Waals surface area contributed by atoms with E-state index in [1.807, 2.05) is 12.1 Å². The lowest BCUT2D eigenvalue weighted by molar-refractivity contribution is -0.171. The van der Waals surface area contributed by atoms with Gasteiger partial charge in [0.05, 0.1) is 32.9 Å². The van der Waals surface area contributed by atoms with Gasteiger partial charge in [-0.2, -0.15) is 0 Å². The van der Waals surface area contributed by atoms with Crippen LogP contribution in [-0.2, 0) is 28.6 Å². The van der Waals surface area contributed by atoms with Crippen molar-refractivity contribution in [2.24, 2.45) is 10.8 Å². The Morgan fingerprint density at radius 2 is 1.18 bits per heavy atom. The van der Waals surface area contributed by atoms with E-state index in [2.05, 4.69) is 0 Å². The van der Waals surface area contributed by atoms with Crippen LogP contribution >= 0.6 is 0 Å². The van der Waals surface area contributed by atoms with E-state index in [0.29, 0.717) is 22.3 Å². The zero-order chi connectivity index (χ0) is 27.1. The fourth-order valence-corrected chi connectivity index (χ4v) is 6.23. The molecule has 194 valence electrons. The van der Waals surface area contributed by atoms with Crippen LogP contribution in [0.4, 0.5) is 4.79 Å². The molecule has 0 radical (unpaired) electrons. The number of carbonyl (C=O) groups excluding carboxylic acids is 4. The van der Waals surface area contributed by atoms with Crippen molar-refractivity contribution in [3.63, 3.8) is 0 Å². The molecule has 1 fully saturated rings. The molecular weight excluding hydrogens is 486 g/mol. The second kappa shape index (κ2) is 9.45. The molecule has 1 saturated heterocycles. The van der Waals surface area contributed by atoms with Gasteiger partial charge in [-0.05, 0) is 29.2 Å². The molecule has 8 heteroatoms. The number of hydrogen-bond acceptors (Lipinski definition) is 7. The summed E-state index contributed by atoms with van der Waals surface area (Å²) in [5.41, 5.74) is -2.48. The third kappa shape index (κ3) is 3.09. The van der Waals surface area contributed by atoms with Gasteiger partial charge in [0.2, 0.25) is 0 Å². The second-order valence-corrected chi connectivity index (χ2v) is 9.18. The first-order chi connectivity index (χ1) is 18.4. The SMILES string of the molecule is CCOC(=O)N1C2C=CC=CC1C1(C(=O)OC)C(=O)C2(C(=O)OC)C(c2ccccc2)=C1c1ccccc1. The van der Waals surface area contributed by atoms with E-state index in [1.54, 1.807) is 79.8 Å². The number of fused-ring (bicyclic) bond motifs is 6. The Morgan fingerprint density at radius 3 is 1.55 bits per heavy atom. The van der Waals surface area contributed by atoms with Gasteiger partial charge in [0.1, 0.15) is 0 Å². The topological polar surface area (TPSA) is 99.2 Å². The summed E-state index contributed by atoms with van der Waals surface area (Å²) in [6, 6.07) is 15.6. The summed E-state index contributed by atoms with van der Waals surface area (Å²) < 4.78 is 16.0. The number of piperidine rings is 1. The fraction of sp³-hybridized carbons (Fsp3) is 0.267. The van der Waals surface area contributed by atoms with Crippen LogP contribution in [0.2, 0.25) is 0 Å². The van der Waals surface area contributed by atoms with E-state index < -0.39 is 46.7 Å². The molecule has 2 aliphatic heterocycles. The summed E-state index contributed by atoms with van der Waals surface area (Å²) in [5.74, 6) is -2.47. The van der Waals surface area contributed by atoms with Gasteiger partial charge in [-0.25, -0.2) is 4.79 Å². The molecule has 0 aromatic heterocycles. The molecule has 0 saturated carbocycles. The zero-order valence-electron chi connectivity index (χ0n) is 21.2. The van der Waals surface area contributed by atoms with Crippen molar-refractivity contribution >= 4 is 35.0 Å². The Hall–Kier alpha value is -4.46. The highest BCUT2D eigenvalue weighted by Crippen LogP contribution is 2.67. The monoisotopic (exact) mass is 513 g/mol. The van der Waals surface area contributed by atoms with Crippen molar-refractivity contribution < 1.29 is 33.4 Å². The molecule has 1 amide bonds. The van der Waals surface area contributed by atoms with Crippen LogP contribution in [0.25, 0.3) is 11.1 Å². The summed E-state index contributed by atoms with van der Waals surface area (Å²) in [7, 11) is 2.37. The number of Topliss-reactive ketones (excluding diaryl/α,β-unsaturated/α-hetero) is 1. The maximum atomic E-state index is 15.0. The Bertz CT molecular complexity index is 1300. The molecular formula is C30H27NO7. The zero-order valence-corrected chi connectivity index (χ0v) is 21.2. The number of nitrogens with zero attached hydrogens (tertiary/aromatic N) is 1. The van der Waals surface area contributed by atoms with Crippen LogP contribution in [0.3, 0.4) is 0 Å². The van der Waals surface area contributed by atoms with Crippen molar-refractivity contribution in [1.82, 2.24) is 4.90 Å². The number of ether oxygens (including phenoxy) is 3. The number of esters is 2. The fourth-order valence-electron chi connectivity index (χ4n) is 6.23. The number of rotatable bonds is 5. The predicted molar refractivity (Wildman–Crippen MR) is 138 cm³/mol. The Labute approximate surface area is 220 Å². The third-order valence-electron chi connectivity index (χ3n) is 7.56. The highest BCUT2D eigenvalue weighted by Gasteiger charge is 2.79. The first kappa shape index (κ1) is 25.2. The van der Waals surface area contributed by atoms with E-state index in [0.717, 1.165) is 0 Å². The van der Waals surface area contributed by atoms with Crippen LogP contribution in [0.15, 0.2) is 85.0 Å². The Morgan fingerprint density at radius 1 is 0.763 bits per heavy atom. The summed E-state index contributed by atoms with van der Waals surface area (Å²) in [6.45, 7) is 1.71. The second-order valence-electron chi connectivity index (χ2n) is 9.18. The summed E-state index contributed by atoms with van der Waals surface area (Å²) in [6.07, 6.45) is 5.77. The van der Waals surface area contributed by atoms with Crippen molar-refractivity contribution in [1.29, 1.82) is 0 Å². The quantitative estimate of drug-likeness (QED) is 0.340. The predicted octanol–water partition coefficient (Wildman–Crippen LogP) is 3.83. The number of methoxy groups -OCH3 is 2. The minimum atomic E-state index is -2.08. The third-order valence-corrected chi connectivity index (χ3v) is 7.56. The smallest absolute Gasteiger partial charge is 0.410 e. The maximum Gasteiger partial charge on any atom is 0.410 e. The molecule has 38 heavy (non-hydrogen) atoms. The lowest BCUT2D eigenvalue weighted by Crippen LogP contribution is -2.71. The minimum absolute atomic E-state index is 0.0527. The molecule has 3 aliphatic rings. The standard InChI is InChI=1S/C30H27NO7/c1-4-38-28(35)31-21-17-11-12-18-22(31)30(27(34)37-3)24(20-15-9-6-10-16-20)23(19-13-7-5-8-14-19)29(21,25(30)32)26(33)36-2/h5-18,21-22H,4H2,1-3H3. The van der Waals surface area contributed by atoms with Crippen molar-refractivity contribution in [3.05, 3.63) is 96.1 Å². The average Bonchev–Trinajstić information content (AvgIpc) is 3.06. The van der Waals surface area contributed by atoms with Gasteiger partial charge in [0.25, 0.3) is 0 Å². The Kier molecular flexibility index (Phi) is 6.26. The summed E-state index contributed by atoms with van der Waals surface area (Å²) in [5, 5.41) is 0. The van der Waals surface area contributed by atoms with E-state index in [-0.39, 0.29) is 6.61 Å². The van der Waals surface area contributed by atoms with E-state index in [1.165, 1.54) is 19.1 Å². The van der Waals surface area contributed by atoms with E-state index >= 15 is 4.79 Å². The van der Waals surface area contributed by atoms with Gasteiger partial charge < -0.3 is 14.2 Å². The van der Waals surface area contributed by atoms with Gasteiger partial charge in [0, 0.05) is 0 Å². The summed E-state index contributed by atoms with van der Waals surface area (Å²) in [4.78, 5) is 58.0. The first-order valence-electron chi connectivity index (χ1n) is 12.3. The average molecular weight is 514 g/mol. The molecule has 5 rings (SSSR count). The molecule has 2 aromatic rings. The molecule has 4 bridgehead atoms. The molecule has 0 spiro atoms. The van der Waals surface area contributed by atoms with Crippen LogP contribution in [0.5, 0.6) is 0 Å². The molecule has 4 unspecified atom stereocenters. The highest BCUT2D eigenvalue weighted by molar-refractivity contribution is 6.38. The van der Waals surface area contributed by atoms with Gasteiger partial charge in [-0.15, -0.1) is 0 Å². The molecule has 8 nitrogen and oxygen atoms in total. The van der Waals surface area contributed by atoms with Crippen molar-refractivity contribution in [2.75, 3.05) is 20.8 Å². The number of amides is 1. The van der Waals surface area contributed by atoms with Crippen LogP contribution < -0.4 is 0 Å². The maximum absolute atomic E-state index is 15.0. The molecule has 1 aliphatic carbocycles. The van der Waals surface area contributed by atoms with E-state index in [4.69, 9.17) is 14.2 Å². The molecule has 2 aromatic carbocycles. The number of ketones is 1. The number of hydrogen-bond donors (Lipinski definition) is 0. The number of carbonyl (C=O) groups is 4. The van der Waals surface area contributed by atoms with Crippen LogP contribution in [0.1, 0.15) is 18.1 Å². The van der Waals surface area contributed by atoms with E-state index in [9.17, 15) is 14.4 Å². The lowest BCUT2D eigenvalue weighted by Gasteiger charge is -2.51. The molecule has 0 N–H and O–H groups in total. The lowest BCUT2D eigenvalue weighted by atomic mass is 9.61. The van der Waals surface area contributed by atoms with Crippen LogP contribution in [0, 0.1) is 10.8 Å². The molecule has 2 heterocycles.